The van der Waals surface area contributed by atoms with Gasteiger partial charge in [0.1, 0.15) is 17.6 Å². The van der Waals surface area contributed by atoms with Crippen molar-refractivity contribution in [1.82, 2.24) is 4.98 Å². The van der Waals surface area contributed by atoms with E-state index in [0.29, 0.717) is 11.2 Å². The summed E-state index contributed by atoms with van der Waals surface area (Å²) < 4.78 is 4.57. The zero-order chi connectivity index (χ0) is 13.8. The Bertz CT molecular complexity index is 600. The number of phenolic OH excluding ortho intramolecular Hbond substituents is 1. The number of rotatable bonds is 4. The second-order valence-electron chi connectivity index (χ2n) is 3.97. The number of aliphatic hydroxyl groups is 1. The molecule has 0 saturated heterocycles. The van der Waals surface area contributed by atoms with Crippen LogP contribution in [0.15, 0.2) is 30.5 Å². The fourth-order valence-corrected chi connectivity index (χ4v) is 1.76. The minimum absolute atomic E-state index is 0.0992. The predicted octanol–water partition coefficient (Wildman–Crippen LogP) is 0.886. The van der Waals surface area contributed by atoms with Crippen molar-refractivity contribution < 1.29 is 19.7 Å². The lowest BCUT2D eigenvalue weighted by Gasteiger charge is -2.15. The Kier molecular flexibility index (Phi) is 3.82. The van der Waals surface area contributed by atoms with Crippen molar-refractivity contribution in [2.75, 3.05) is 19.0 Å². The van der Waals surface area contributed by atoms with Crippen LogP contribution >= 0.6 is 0 Å². The summed E-state index contributed by atoms with van der Waals surface area (Å²) in [5.74, 6) is -0.0820. The highest BCUT2D eigenvalue weighted by Gasteiger charge is 2.19. The average molecular weight is 262 g/mol. The number of benzene rings is 1. The van der Waals surface area contributed by atoms with Crippen molar-refractivity contribution >= 4 is 22.6 Å². The Morgan fingerprint density at radius 3 is 2.95 bits per heavy atom. The molecule has 19 heavy (non-hydrogen) atoms. The third-order valence-electron chi connectivity index (χ3n) is 2.73. The van der Waals surface area contributed by atoms with Gasteiger partial charge in [-0.05, 0) is 23.6 Å². The lowest BCUT2D eigenvalue weighted by atomic mass is 10.1. The topological polar surface area (TPSA) is 91.7 Å². The van der Waals surface area contributed by atoms with Crippen molar-refractivity contribution in [2.24, 2.45) is 0 Å². The van der Waals surface area contributed by atoms with E-state index in [1.165, 1.54) is 13.2 Å². The van der Waals surface area contributed by atoms with Crippen molar-refractivity contribution in [3.63, 3.8) is 0 Å². The van der Waals surface area contributed by atoms with Crippen molar-refractivity contribution in [2.45, 2.75) is 6.04 Å². The van der Waals surface area contributed by atoms with E-state index in [9.17, 15) is 15.0 Å². The summed E-state index contributed by atoms with van der Waals surface area (Å²) in [6.45, 7) is -0.413. The van der Waals surface area contributed by atoms with Gasteiger partial charge in [0.2, 0.25) is 0 Å². The maximum Gasteiger partial charge on any atom is 0.330 e. The van der Waals surface area contributed by atoms with Crippen LogP contribution in [0.25, 0.3) is 10.8 Å². The summed E-state index contributed by atoms with van der Waals surface area (Å²) in [6, 6.07) is 5.73. The number of aliphatic hydroxyl groups excluding tert-OH is 1. The molecule has 1 atom stereocenters. The Hall–Kier alpha value is -2.34. The molecule has 0 amide bonds. The predicted molar refractivity (Wildman–Crippen MR) is 69.9 cm³/mol. The number of anilines is 1. The monoisotopic (exact) mass is 262 g/mol. The van der Waals surface area contributed by atoms with Crippen LogP contribution in [-0.4, -0.2) is 40.9 Å². The maximum absolute atomic E-state index is 11.4. The van der Waals surface area contributed by atoms with Gasteiger partial charge in [-0.2, -0.15) is 0 Å². The lowest BCUT2D eigenvalue weighted by Crippen LogP contribution is -2.34. The van der Waals surface area contributed by atoms with Crippen LogP contribution in [0.1, 0.15) is 0 Å². The molecular formula is C13H14N2O4. The molecule has 2 rings (SSSR count). The highest BCUT2D eigenvalue weighted by atomic mass is 16.5. The molecule has 0 aliphatic carbocycles. The highest BCUT2D eigenvalue weighted by Crippen LogP contribution is 2.25. The SMILES string of the molecule is COC(=O)C(CO)Nc1nccc2ccc(O)cc12. The second kappa shape index (κ2) is 5.53. The number of pyridine rings is 1. The van der Waals surface area contributed by atoms with E-state index < -0.39 is 18.6 Å². The molecule has 0 spiro atoms. The Morgan fingerprint density at radius 2 is 2.26 bits per heavy atom. The van der Waals surface area contributed by atoms with E-state index >= 15 is 0 Å². The molecule has 1 unspecified atom stereocenters. The van der Waals surface area contributed by atoms with E-state index in [1.54, 1.807) is 24.4 Å². The van der Waals surface area contributed by atoms with Crippen molar-refractivity contribution in [1.29, 1.82) is 0 Å². The van der Waals surface area contributed by atoms with Crippen LogP contribution in [0, 0.1) is 0 Å². The molecule has 1 aromatic carbocycles. The minimum atomic E-state index is -0.898. The first-order valence-electron chi connectivity index (χ1n) is 5.68. The smallest absolute Gasteiger partial charge is 0.330 e. The number of hydrogen-bond donors (Lipinski definition) is 3. The summed E-state index contributed by atoms with van der Waals surface area (Å²) in [6.07, 6.45) is 1.58. The van der Waals surface area contributed by atoms with Crippen molar-refractivity contribution in [3.8, 4) is 5.75 Å². The van der Waals surface area contributed by atoms with Gasteiger partial charge in [-0.15, -0.1) is 0 Å². The van der Waals surface area contributed by atoms with Crippen molar-refractivity contribution in [3.05, 3.63) is 30.5 Å². The number of ether oxygens (including phenoxy) is 1. The summed E-state index contributed by atoms with van der Waals surface area (Å²) >= 11 is 0. The molecule has 1 heterocycles. The highest BCUT2D eigenvalue weighted by molar-refractivity contribution is 5.94. The molecule has 1 aromatic heterocycles. The first-order chi connectivity index (χ1) is 9.15. The molecule has 0 aliphatic rings. The third-order valence-corrected chi connectivity index (χ3v) is 2.73. The van der Waals surface area contributed by atoms with Crippen LogP contribution in [0.4, 0.5) is 5.82 Å². The number of nitrogens with one attached hydrogen (secondary N) is 1. The van der Waals surface area contributed by atoms with Gasteiger partial charge >= 0.3 is 5.97 Å². The van der Waals surface area contributed by atoms with E-state index in [0.717, 1.165) is 5.39 Å². The molecule has 0 fully saturated rings. The van der Waals surface area contributed by atoms with Gasteiger partial charge in [0.25, 0.3) is 0 Å². The van der Waals surface area contributed by atoms with Crippen LogP contribution in [0.3, 0.4) is 0 Å². The van der Waals surface area contributed by atoms with E-state index in [-0.39, 0.29) is 5.75 Å². The van der Waals surface area contributed by atoms with Crippen LogP contribution in [-0.2, 0) is 9.53 Å². The molecule has 100 valence electrons. The number of aromatic hydroxyl groups is 1. The number of fused-ring (bicyclic) bond motifs is 1. The number of hydrogen-bond acceptors (Lipinski definition) is 6. The van der Waals surface area contributed by atoms with Gasteiger partial charge in [0, 0.05) is 11.6 Å². The zero-order valence-electron chi connectivity index (χ0n) is 10.3. The Balaban J connectivity index is 2.39. The lowest BCUT2D eigenvalue weighted by molar-refractivity contribution is -0.142. The number of esters is 1. The summed E-state index contributed by atoms with van der Waals surface area (Å²) in [5, 5.41) is 23.0. The van der Waals surface area contributed by atoms with Gasteiger partial charge in [-0.1, -0.05) is 6.07 Å². The van der Waals surface area contributed by atoms with Gasteiger partial charge in [0.05, 0.1) is 13.7 Å². The van der Waals surface area contributed by atoms with Crippen LogP contribution in [0.5, 0.6) is 5.75 Å². The average Bonchev–Trinajstić information content (AvgIpc) is 2.44. The minimum Gasteiger partial charge on any atom is -0.508 e. The van der Waals surface area contributed by atoms with Crippen LogP contribution < -0.4 is 5.32 Å². The van der Waals surface area contributed by atoms with E-state index in [2.05, 4.69) is 15.0 Å². The summed E-state index contributed by atoms with van der Waals surface area (Å²) in [5.41, 5.74) is 0. The summed E-state index contributed by atoms with van der Waals surface area (Å²) in [4.78, 5) is 15.5. The molecule has 0 saturated carbocycles. The molecule has 0 aliphatic heterocycles. The zero-order valence-corrected chi connectivity index (χ0v) is 10.3. The Morgan fingerprint density at radius 1 is 1.47 bits per heavy atom. The number of phenols is 1. The third kappa shape index (κ3) is 2.74. The summed E-state index contributed by atoms with van der Waals surface area (Å²) in [7, 11) is 1.25. The van der Waals surface area contributed by atoms with Gasteiger partial charge in [-0.25, -0.2) is 9.78 Å². The standard InChI is InChI=1S/C13H14N2O4/c1-19-13(18)11(7-16)15-12-10-6-9(17)3-2-8(10)4-5-14-12/h2-6,11,16-17H,7H2,1H3,(H,14,15). The van der Waals surface area contributed by atoms with Gasteiger partial charge < -0.3 is 20.3 Å². The normalized spacial score (nSPS) is 12.1. The first-order valence-corrected chi connectivity index (χ1v) is 5.68. The van der Waals surface area contributed by atoms with Crippen LogP contribution in [0.2, 0.25) is 0 Å². The number of nitrogens with zero attached hydrogens (tertiary/aromatic N) is 1. The van der Waals surface area contributed by atoms with Gasteiger partial charge in [-0.3, -0.25) is 0 Å². The molecule has 2 aromatic rings. The number of aromatic nitrogens is 1. The largest absolute Gasteiger partial charge is 0.508 e. The number of methoxy groups -OCH3 is 1. The quantitative estimate of drug-likeness (QED) is 0.709. The van der Waals surface area contributed by atoms with E-state index in [1.807, 2.05) is 0 Å². The molecule has 6 nitrogen and oxygen atoms in total. The number of carbonyl (C=O) groups is 1. The fourth-order valence-electron chi connectivity index (χ4n) is 1.76. The Labute approximate surface area is 109 Å². The first kappa shape index (κ1) is 13.1. The number of carbonyl (C=O) groups excluding carboxylic acids is 1. The fraction of sp³-hybridized carbons (Fsp3) is 0.231. The molecule has 3 N–H and O–H groups in total. The van der Waals surface area contributed by atoms with E-state index in [4.69, 9.17) is 0 Å². The molecule has 0 radical (unpaired) electrons. The molecule has 0 bridgehead atoms. The molecular weight excluding hydrogens is 248 g/mol. The maximum atomic E-state index is 11.4. The van der Waals surface area contributed by atoms with Gasteiger partial charge in [0.15, 0.2) is 0 Å². The molecule has 6 heteroatoms. The second-order valence-corrected chi connectivity index (χ2v) is 3.97.